The smallest absolute Gasteiger partial charge is 0.410 e. The maximum Gasteiger partial charge on any atom is 0.410 e. The van der Waals surface area contributed by atoms with Gasteiger partial charge in [-0.3, -0.25) is 4.90 Å². The van der Waals surface area contributed by atoms with Crippen molar-refractivity contribution in [3.63, 3.8) is 0 Å². The van der Waals surface area contributed by atoms with Gasteiger partial charge in [0.15, 0.2) is 0 Å². The van der Waals surface area contributed by atoms with E-state index in [1.807, 2.05) is 0 Å². The number of rotatable bonds is 5. The third-order valence-electron chi connectivity index (χ3n) is 7.72. The first-order valence-corrected chi connectivity index (χ1v) is 11.7. The Kier molecular flexibility index (Phi) is 6.28. The molecule has 3 aliphatic heterocycles. The summed E-state index contributed by atoms with van der Waals surface area (Å²) in [6.07, 6.45) is 13.4. The number of nitrogens with zero attached hydrogens (tertiary/aromatic N) is 2. The van der Waals surface area contributed by atoms with Crippen LogP contribution >= 0.6 is 0 Å². The summed E-state index contributed by atoms with van der Waals surface area (Å²) in [5.41, 5.74) is -0.217. The molecular formula is C22H39N3O2. The molecular weight excluding hydrogens is 338 g/mol. The number of nitrogens with one attached hydrogen (secondary N) is 1. The molecule has 3 heterocycles. The number of piperidine rings is 2. The first-order valence-electron chi connectivity index (χ1n) is 11.7. The summed E-state index contributed by atoms with van der Waals surface area (Å²) in [7, 11) is 0. The van der Waals surface area contributed by atoms with E-state index in [0.717, 1.165) is 64.4 Å². The molecule has 1 spiro atoms. The van der Waals surface area contributed by atoms with Crippen molar-refractivity contribution in [2.45, 2.75) is 95.2 Å². The summed E-state index contributed by atoms with van der Waals surface area (Å²) in [5, 5.41) is 3.47. The van der Waals surface area contributed by atoms with Crippen LogP contribution in [0.2, 0.25) is 0 Å². The molecule has 1 aliphatic carbocycles. The SMILES string of the molecule is CCCC1N(CC2CCCCC2)C(=O)OC12CCN(C1CCNCC1)CC2. The van der Waals surface area contributed by atoms with Crippen molar-refractivity contribution in [2.75, 3.05) is 32.7 Å². The van der Waals surface area contributed by atoms with Crippen LogP contribution in [-0.4, -0.2) is 66.3 Å². The first-order chi connectivity index (χ1) is 13.2. The molecule has 4 aliphatic rings. The Morgan fingerprint density at radius 2 is 1.78 bits per heavy atom. The van der Waals surface area contributed by atoms with E-state index in [2.05, 4.69) is 22.0 Å². The Labute approximate surface area is 165 Å². The molecule has 4 fully saturated rings. The summed E-state index contributed by atoms with van der Waals surface area (Å²) in [6.45, 7) is 7.66. The van der Waals surface area contributed by atoms with Crippen LogP contribution in [-0.2, 0) is 4.74 Å². The molecule has 0 bridgehead atoms. The molecule has 0 aromatic heterocycles. The number of carbonyl (C=O) groups is 1. The molecule has 1 N–H and O–H groups in total. The fourth-order valence-electron chi connectivity index (χ4n) is 6.13. The van der Waals surface area contributed by atoms with E-state index in [1.54, 1.807) is 0 Å². The largest absolute Gasteiger partial charge is 0.440 e. The van der Waals surface area contributed by atoms with Gasteiger partial charge < -0.3 is 15.0 Å². The molecule has 154 valence electrons. The molecule has 0 aromatic rings. The zero-order valence-electron chi connectivity index (χ0n) is 17.3. The summed E-state index contributed by atoms with van der Waals surface area (Å²) >= 11 is 0. The zero-order valence-corrected chi connectivity index (χ0v) is 17.3. The Balaban J connectivity index is 1.41. The number of hydrogen-bond acceptors (Lipinski definition) is 4. The molecule has 1 amide bonds. The van der Waals surface area contributed by atoms with Crippen LogP contribution in [0.25, 0.3) is 0 Å². The van der Waals surface area contributed by atoms with Gasteiger partial charge in [-0.25, -0.2) is 4.79 Å². The first kappa shape index (κ1) is 19.5. The van der Waals surface area contributed by atoms with Crippen molar-refractivity contribution in [3.8, 4) is 0 Å². The van der Waals surface area contributed by atoms with Gasteiger partial charge >= 0.3 is 6.09 Å². The standard InChI is InChI=1S/C22H39N3O2/c1-2-6-20-22(11-15-24(16-12-22)19-9-13-23-14-10-19)27-21(26)25(20)17-18-7-4-3-5-8-18/h18-20,23H,2-17H2,1H3. The van der Waals surface area contributed by atoms with E-state index >= 15 is 0 Å². The molecule has 1 saturated carbocycles. The fourth-order valence-corrected chi connectivity index (χ4v) is 6.13. The number of hydrogen-bond donors (Lipinski definition) is 1. The lowest BCUT2D eigenvalue weighted by atomic mass is 9.80. The number of likely N-dealkylation sites (tertiary alicyclic amines) is 1. The molecule has 5 heteroatoms. The van der Waals surface area contributed by atoms with Crippen molar-refractivity contribution in [2.24, 2.45) is 5.92 Å². The number of ether oxygens (including phenoxy) is 1. The summed E-state index contributed by atoms with van der Waals surface area (Å²) in [6, 6.07) is 1.02. The van der Waals surface area contributed by atoms with Gasteiger partial charge in [-0.05, 0) is 51.1 Å². The zero-order chi connectivity index (χ0) is 18.7. The van der Waals surface area contributed by atoms with Crippen molar-refractivity contribution in [1.29, 1.82) is 0 Å². The van der Waals surface area contributed by atoms with Gasteiger partial charge in [0.25, 0.3) is 0 Å². The van der Waals surface area contributed by atoms with Crippen LogP contribution in [0.4, 0.5) is 4.79 Å². The van der Waals surface area contributed by atoms with Crippen LogP contribution in [0.1, 0.15) is 77.6 Å². The van der Waals surface area contributed by atoms with Gasteiger partial charge in [0.2, 0.25) is 0 Å². The average molecular weight is 378 g/mol. The number of carbonyl (C=O) groups excluding carboxylic acids is 1. The molecule has 3 saturated heterocycles. The topological polar surface area (TPSA) is 44.8 Å². The third-order valence-corrected chi connectivity index (χ3v) is 7.72. The van der Waals surface area contributed by atoms with E-state index in [-0.39, 0.29) is 11.7 Å². The van der Waals surface area contributed by atoms with Gasteiger partial charge in [0.05, 0.1) is 6.04 Å². The maximum absolute atomic E-state index is 12.9. The van der Waals surface area contributed by atoms with Crippen LogP contribution in [0.15, 0.2) is 0 Å². The lowest BCUT2D eigenvalue weighted by molar-refractivity contribution is -0.0357. The van der Waals surface area contributed by atoms with E-state index in [4.69, 9.17) is 4.74 Å². The second kappa shape index (κ2) is 8.69. The molecule has 5 nitrogen and oxygen atoms in total. The maximum atomic E-state index is 12.9. The van der Waals surface area contributed by atoms with E-state index in [1.165, 1.54) is 44.9 Å². The van der Waals surface area contributed by atoms with Crippen LogP contribution in [0.5, 0.6) is 0 Å². The average Bonchev–Trinajstić information content (AvgIpc) is 2.95. The van der Waals surface area contributed by atoms with E-state index < -0.39 is 0 Å². The highest BCUT2D eigenvalue weighted by Crippen LogP contribution is 2.42. The minimum Gasteiger partial charge on any atom is -0.440 e. The van der Waals surface area contributed by atoms with Crippen LogP contribution in [0.3, 0.4) is 0 Å². The lowest BCUT2D eigenvalue weighted by Gasteiger charge is -2.45. The normalized spacial score (nSPS) is 30.8. The monoisotopic (exact) mass is 377 g/mol. The Bertz CT molecular complexity index is 492. The minimum atomic E-state index is -0.217. The molecule has 0 radical (unpaired) electrons. The predicted octanol–water partition coefficient (Wildman–Crippen LogP) is 3.77. The van der Waals surface area contributed by atoms with Crippen molar-refractivity contribution in [1.82, 2.24) is 15.1 Å². The molecule has 0 aromatic carbocycles. The minimum absolute atomic E-state index is 0.0191. The highest BCUT2D eigenvalue weighted by atomic mass is 16.6. The molecule has 1 unspecified atom stereocenters. The van der Waals surface area contributed by atoms with Gasteiger partial charge in [-0.1, -0.05) is 32.6 Å². The summed E-state index contributed by atoms with van der Waals surface area (Å²) in [4.78, 5) is 17.7. The second-order valence-corrected chi connectivity index (χ2v) is 9.41. The fraction of sp³-hybridized carbons (Fsp3) is 0.955. The summed E-state index contributed by atoms with van der Waals surface area (Å²) in [5.74, 6) is 0.690. The second-order valence-electron chi connectivity index (χ2n) is 9.41. The highest BCUT2D eigenvalue weighted by molar-refractivity contribution is 5.71. The third kappa shape index (κ3) is 4.14. The van der Waals surface area contributed by atoms with Gasteiger partial charge in [-0.15, -0.1) is 0 Å². The van der Waals surface area contributed by atoms with Gasteiger partial charge in [0, 0.05) is 38.5 Å². The van der Waals surface area contributed by atoms with Crippen molar-refractivity contribution < 1.29 is 9.53 Å². The Hall–Kier alpha value is -0.810. The quantitative estimate of drug-likeness (QED) is 0.792. The Morgan fingerprint density at radius 1 is 1.07 bits per heavy atom. The van der Waals surface area contributed by atoms with Crippen molar-refractivity contribution in [3.05, 3.63) is 0 Å². The number of amides is 1. The van der Waals surface area contributed by atoms with Crippen LogP contribution in [0, 0.1) is 5.92 Å². The molecule has 1 atom stereocenters. The molecule has 4 rings (SSSR count). The lowest BCUT2D eigenvalue weighted by Crippen LogP contribution is -2.55. The van der Waals surface area contributed by atoms with E-state index in [9.17, 15) is 4.79 Å². The Morgan fingerprint density at radius 3 is 2.44 bits per heavy atom. The van der Waals surface area contributed by atoms with Gasteiger partial charge in [0.1, 0.15) is 5.60 Å². The van der Waals surface area contributed by atoms with E-state index in [0.29, 0.717) is 12.0 Å². The summed E-state index contributed by atoms with van der Waals surface area (Å²) < 4.78 is 6.19. The van der Waals surface area contributed by atoms with Crippen molar-refractivity contribution >= 4 is 6.09 Å². The predicted molar refractivity (Wildman–Crippen MR) is 108 cm³/mol. The van der Waals surface area contributed by atoms with Gasteiger partial charge in [-0.2, -0.15) is 0 Å². The van der Waals surface area contributed by atoms with Crippen LogP contribution < -0.4 is 5.32 Å². The molecule has 27 heavy (non-hydrogen) atoms. The highest BCUT2D eigenvalue weighted by Gasteiger charge is 2.54.